The van der Waals surface area contributed by atoms with Crippen molar-refractivity contribution in [2.24, 2.45) is 17.6 Å². The number of carboxylic acids is 1. The van der Waals surface area contributed by atoms with Gasteiger partial charge in [-0.25, -0.2) is 9.59 Å². The molecule has 7 heteroatoms. The van der Waals surface area contributed by atoms with Crippen LogP contribution in [0.2, 0.25) is 0 Å². The van der Waals surface area contributed by atoms with E-state index in [0.29, 0.717) is 11.8 Å². The van der Waals surface area contributed by atoms with E-state index >= 15 is 0 Å². The quantitative estimate of drug-likeness (QED) is 0.580. The Hall–Kier alpha value is -1.79. The van der Waals surface area contributed by atoms with E-state index in [1.165, 1.54) is 0 Å². The van der Waals surface area contributed by atoms with Crippen molar-refractivity contribution in [2.75, 3.05) is 0 Å². The van der Waals surface area contributed by atoms with E-state index in [1.54, 1.807) is 0 Å². The van der Waals surface area contributed by atoms with Gasteiger partial charge < -0.3 is 21.5 Å². The van der Waals surface area contributed by atoms with Crippen molar-refractivity contribution in [2.45, 2.75) is 58.0 Å². The molecule has 0 spiro atoms. The van der Waals surface area contributed by atoms with Gasteiger partial charge in [-0.15, -0.1) is 0 Å². The number of urea groups is 1. The fourth-order valence-corrected chi connectivity index (χ4v) is 2.70. The Bertz CT molecular complexity index is 400. The molecule has 1 aliphatic carbocycles. The average molecular weight is 299 g/mol. The van der Waals surface area contributed by atoms with Crippen molar-refractivity contribution < 1.29 is 19.5 Å². The fourth-order valence-electron chi connectivity index (χ4n) is 2.70. The van der Waals surface area contributed by atoms with Gasteiger partial charge in [-0.05, 0) is 24.7 Å². The third kappa shape index (κ3) is 5.61. The molecule has 0 aromatic carbocycles. The molecular weight excluding hydrogens is 274 g/mol. The second-order valence-electron chi connectivity index (χ2n) is 5.89. The van der Waals surface area contributed by atoms with Gasteiger partial charge >= 0.3 is 12.0 Å². The summed E-state index contributed by atoms with van der Waals surface area (Å²) in [5.41, 5.74) is 4.99. The van der Waals surface area contributed by atoms with E-state index in [2.05, 4.69) is 24.5 Å². The van der Waals surface area contributed by atoms with Crippen molar-refractivity contribution >= 4 is 17.9 Å². The third-order valence-corrected chi connectivity index (χ3v) is 4.31. The fraction of sp³-hybridized carbons (Fsp3) is 0.786. The molecule has 1 saturated carbocycles. The highest BCUT2D eigenvalue weighted by Crippen LogP contribution is 2.29. The van der Waals surface area contributed by atoms with Crippen LogP contribution in [0.25, 0.3) is 0 Å². The standard InChI is InChI=1S/C14H25N3O4/c1-8-4-3-5-10(9(8)2)16-14(21)17-11(13(19)20)6-7-12(15)18/h8-11H,3-7H2,1-2H3,(H2,15,18)(H,19,20)(H2,16,17,21). The number of carbonyl (C=O) groups is 3. The Morgan fingerprint density at radius 1 is 1.29 bits per heavy atom. The number of hydrogen-bond acceptors (Lipinski definition) is 3. The lowest BCUT2D eigenvalue weighted by Crippen LogP contribution is -2.52. The first-order chi connectivity index (χ1) is 9.81. The molecule has 0 heterocycles. The summed E-state index contributed by atoms with van der Waals surface area (Å²) in [5, 5.41) is 14.3. The molecular formula is C14H25N3O4. The summed E-state index contributed by atoms with van der Waals surface area (Å²) in [6, 6.07) is -1.55. The van der Waals surface area contributed by atoms with Crippen LogP contribution in [-0.2, 0) is 9.59 Å². The summed E-state index contributed by atoms with van der Waals surface area (Å²) in [4.78, 5) is 33.7. The molecule has 0 aromatic heterocycles. The van der Waals surface area contributed by atoms with E-state index in [0.717, 1.165) is 19.3 Å². The summed E-state index contributed by atoms with van der Waals surface area (Å²) in [6.07, 6.45) is 3.03. The highest BCUT2D eigenvalue weighted by molar-refractivity contribution is 5.83. The van der Waals surface area contributed by atoms with Gasteiger partial charge in [0.05, 0.1) is 0 Å². The van der Waals surface area contributed by atoms with Crippen LogP contribution in [0.5, 0.6) is 0 Å². The first-order valence-corrected chi connectivity index (χ1v) is 7.39. The maximum absolute atomic E-state index is 11.9. The van der Waals surface area contributed by atoms with E-state index in [4.69, 9.17) is 10.8 Å². The van der Waals surface area contributed by atoms with Crippen molar-refractivity contribution in [3.05, 3.63) is 0 Å². The normalized spacial score (nSPS) is 26.7. The number of hydrogen-bond donors (Lipinski definition) is 4. The van der Waals surface area contributed by atoms with Crippen LogP contribution >= 0.6 is 0 Å². The number of nitrogens with one attached hydrogen (secondary N) is 2. The van der Waals surface area contributed by atoms with Crippen molar-refractivity contribution in [1.82, 2.24) is 10.6 Å². The molecule has 21 heavy (non-hydrogen) atoms. The lowest BCUT2D eigenvalue weighted by Gasteiger charge is -2.34. The second-order valence-corrected chi connectivity index (χ2v) is 5.89. The molecule has 5 N–H and O–H groups in total. The SMILES string of the molecule is CC1CCCC(NC(=O)NC(CCC(N)=O)C(=O)O)C1C. The number of nitrogens with two attached hydrogens (primary N) is 1. The van der Waals surface area contributed by atoms with Gasteiger partial charge in [0.15, 0.2) is 0 Å². The molecule has 4 unspecified atom stereocenters. The number of primary amides is 1. The molecule has 1 rings (SSSR count). The minimum Gasteiger partial charge on any atom is -0.480 e. The molecule has 0 aromatic rings. The molecule has 0 saturated heterocycles. The molecule has 7 nitrogen and oxygen atoms in total. The largest absolute Gasteiger partial charge is 0.480 e. The molecule has 1 fully saturated rings. The van der Waals surface area contributed by atoms with E-state index in [-0.39, 0.29) is 18.9 Å². The lowest BCUT2D eigenvalue weighted by atomic mass is 9.78. The maximum atomic E-state index is 11.9. The van der Waals surface area contributed by atoms with Crippen LogP contribution in [0.4, 0.5) is 4.79 Å². The van der Waals surface area contributed by atoms with Gasteiger partial charge in [0.25, 0.3) is 0 Å². The second kappa shape index (κ2) is 7.85. The van der Waals surface area contributed by atoms with Crippen LogP contribution in [-0.4, -0.2) is 35.1 Å². The highest BCUT2D eigenvalue weighted by Gasteiger charge is 2.29. The monoisotopic (exact) mass is 299 g/mol. The third-order valence-electron chi connectivity index (χ3n) is 4.31. The van der Waals surface area contributed by atoms with Crippen LogP contribution < -0.4 is 16.4 Å². The molecule has 0 aliphatic heterocycles. The first-order valence-electron chi connectivity index (χ1n) is 7.39. The zero-order valence-corrected chi connectivity index (χ0v) is 12.6. The van der Waals surface area contributed by atoms with Crippen LogP contribution in [0.15, 0.2) is 0 Å². The molecule has 0 bridgehead atoms. The zero-order chi connectivity index (χ0) is 16.0. The van der Waals surface area contributed by atoms with Gasteiger partial charge in [-0.1, -0.05) is 26.7 Å². The average Bonchev–Trinajstić information content (AvgIpc) is 2.39. The van der Waals surface area contributed by atoms with Crippen molar-refractivity contribution in [1.29, 1.82) is 0 Å². The van der Waals surface area contributed by atoms with Gasteiger partial charge in [-0.3, -0.25) is 4.79 Å². The van der Waals surface area contributed by atoms with Crippen molar-refractivity contribution in [3.63, 3.8) is 0 Å². The minimum atomic E-state index is -1.17. The lowest BCUT2D eigenvalue weighted by molar-refractivity contribution is -0.139. The molecule has 1 aliphatic rings. The van der Waals surface area contributed by atoms with Crippen molar-refractivity contribution in [3.8, 4) is 0 Å². The molecule has 4 atom stereocenters. The molecule has 120 valence electrons. The number of aliphatic carboxylic acids is 1. The highest BCUT2D eigenvalue weighted by atomic mass is 16.4. The number of carbonyl (C=O) groups excluding carboxylic acids is 2. The molecule has 3 amide bonds. The molecule has 0 radical (unpaired) electrons. The maximum Gasteiger partial charge on any atom is 0.326 e. The number of amides is 3. The van der Waals surface area contributed by atoms with E-state index in [1.807, 2.05) is 0 Å². The summed E-state index contributed by atoms with van der Waals surface area (Å²) in [5.74, 6) is -0.859. The first kappa shape index (κ1) is 17.3. The predicted octanol–water partition coefficient (Wildman–Crippen LogP) is 0.829. The minimum absolute atomic E-state index is 0.00525. The number of carboxylic acid groups (broad SMARTS) is 1. The predicted molar refractivity (Wildman–Crippen MR) is 77.5 cm³/mol. The van der Waals surface area contributed by atoms with Gasteiger partial charge in [-0.2, -0.15) is 0 Å². The Kier molecular flexibility index (Phi) is 6.45. The van der Waals surface area contributed by atoms with Gasteiger partial charge in [0.2, 0.25) is 5.91 Å². The Balaban J connectivity index is 2.49. The summed E-state index contributed by atoms with van der Waals surface area (Å²) in [7, 11) is 0. The van der Waals surface area contributed by atoms with E-state index in [9.17, 15) is 14.4 Å². The topological polar surface area (TPSA) is 122 Å². The Labute approximate surface area is 124 Å². The summed E-state index contributed by atoms with van der Waals surface area (Å²) < 4.78 is 0. The summed E-state index contributed by atoms with van der Waals surface area (Å²) in [6.45, 7) is 4.25. The number of rotatable bonds is 6. The summed E-state index contributed by atoms with van der Waals surface area (Å²) >= 11 is 0. The van der Waals surface area contributed by atoms with Gasteiger partial charge in [0, 0.05) is 12.5 Å². The zero-order valence-electron chi connectivity index (χ0n) is 12.6. The van der Waals surface area contributed by atoms with Crippen LogP contribution in [0, 0.1) is 11.8 Å². The van der Waals surface area contributed by atoms with Gasteiger partial charge in [0.1, 0.15) is 6.04 Å². The Morgan fingerprint density at radius 2 is 1.95 bits per heavy atom. The Morgan fingerprint density at radius 3 is 2.52 bits per heavy atom. The smallest absolute Gasteiger partial charge is 0.326 e. The van der Waals surface area contributed by atoms with Crippen LogP contribution in [0.1, 0.15) is 46.0 Å². The van der Waals surface area contributed by atoms with Crippen LogP contribution in [0.3, 0.4) is 0 Å². The van der Waals surface area contributed by atoms with E-state index < -0.39 is 23.9 Å².